The summed E-state index contributed by atoms with van der Waals surface area (Å²) >= 11 is 13.1. The van der Waals surface area contributed by atoms with Crippen molar-refractivity contribution in [1.29, 1.82) is 0 Å². The molecule has 1 heterocycles. The Morgan fingerprint density at radius 1 is 1.42 bits per heavy atom. The average Bonchev–Trinajstić information content (AvgIpc) is 2.77. The molecule has 2 aromatic rings. The minimum absolute atomic E-state index is 0.0242. The molecule has 3 N–H and O–H groups in total. The number of nitrogen functional groups attached to an aromatic ring is 1. The molecule has 0 aliphatic heterocycles. The highest BCUT2D eigenvalue weighted by atomic mass is 35.5. The maximum Gasteiger partial charge on any atom is 0.180 e. The van der Waals surface area contributed by atoms with Crippen LogP contribution in [0.5, 0.6) is 0 Å². The van der Waals surface area contributed by atoms with E-state index < -0.39 is 5.82 Å². The van der Waals surface area contributed by atoms with E-state index in [1.807, 2.05) is 6.92 Å². The minimum Gasteiger partial charge on any atom is -0.375 e. The quantitative estimate of drug-likeness (QED) is 0.837. The first-order chi connectivity index (χ1) is 8.97. The lowest BCUT2D eigenvalue weighted by Crippen LogP contribution is -2.18. The van der Waals surface area contributed by atoms with E-state index in [1.165, 1.54) is 23.5 Å². The van der Waals surface area contributed by atoms with Gasteiger partial charge in [-0.15, -0.1) is 11.3 Å². The normalized spacial score (nSPS) is 12.6. The number of hydrogen-bond donors (Lipinski definition) is 2. The number of nitrogens with one attached hydrogen (secondary N) is 1. The number of hydrogen-bond acceptors (Lipinski definition) is 4. The molecule has 0 aliphatic carbocycles. The predicted octanol–water partition coefficient (Wildman–Crippen LogP) is 4.02. The molecule has 7 heteroatoms. The summed E-state index contributed by atoms with van der Waals surface area (Å²) in [6.07, 6.45) is 1.71. The van der Waals surface area contributed by atoms with Gasteiger partial charge in [0.25, 0.3) is 0 Å². The van der Waals surface area contributed by atoms with Gasteiger partial charge in [-0.25, -0.2) is 9.37 Å². The molecule has 102 valence electrons. The summed E-state index contributed by atoms with van der Waals surface area (Å²) in [5.74, 6) is -0.475. The molecule has 1 unspecified atom stereocenters. The number of nitrogens with zero attached hydrogens (tertiary/aromatic N) is 1. The van der Waals surface area contributed by atoms with Crippen LogP contribution in [0.2, 0.25) is 10.0 Å². The van der Waals surface area contributed by atoms with Gasteiger partial charge in [0.2, 0.25) is 0 Å². The fraction of sp³-hybridized carbons (Fsp3) is 0.250. The van der Waals surface area contributed by atoms with Crippen LogP contribution in [0.3, 0.4) is 0 Å². The number of nitrogens with two attached hydrogens (primary N) is 1. The molecule has 1 aromatic heterocycles. The Morgan fingerprint density at radius 2 is 2.16 bits per heavy atom. The SMILES string of the molecule is CC(NCc1cnc(N)s1)c1cc(F)c(Cl)cc1Cl. The zero-order chi connectivity index (χ0) is 14.0. The molecule has 0 aliphatic rings. The molecular formula is C12H12Cl2FN3S. The summed E-state index contributed by atoms with van der Waals surface area (Å²) in [5, 5.41) is 4.23. The molecule has 1 aromatic carbocycles. The van der Waals surface area contributed by atoms with Gasteiger partial charge in [-0.1, -0.05) is 23.2 Å². The summed E-state index contributed by atoms with van der Waals surface area (Å²) in [4.78, 5) is 4.97. The van der Waals surface area contributed by atoms with Gasteiger partial charge in [-0.05, 0) is 24.6 Å². The van der Waals surface area contributed by atoms with Gasteiger partial charge >= 0.3 is 0 Å². The van der Waals surface area contributed by atoms with Crippen LogP contribution < -0.4 is 11.1 Å². The van der Waals surface area contributed by atoms with Gasteiger partial charge < -0.3 is 11.1 Å². The van der Waals surface area contributed by atoms with Crippen molar-refractivity contribution in [3.63, 3.8) is 0 Å². The monoisotopic (exact) mass is 319 g/mol. The maximum atomic E-state index is 13.4. The predicted molar refractivity (Wildman–Crippen MR) is 78.2 cm³/mol. The van der Waals surface area contributed by atoms with Crippen molar-refractivity contribution in [2.75, 3.05) is 5.73 Å². The van der Waals surface area contributed by atoms with Crippen LogP contribution in [0.4, 0.5) is 9.52 Å². The van der Waals surface area contributed by atoms with Crippen LogP contribution in [0, 0.1) is 5.82 Å². The molecule has 3 nitrogen and oxygen atoms in total. The molecule has 0 bridgehead atoms. The molecule has 0 amide bonds. The second-order valence-corrected chi connectivity index (χ2v) is 6.02. The standard InChI is InChI=1S/C12H12Cl2FN3S/c1-6(17-4-7-5-18-12(16)19-7)8-2-11(15)10(14)3-9(8)13/h2-3,5-6,17H,4H2,1H3,(H2,16,18). The summed E-state index contributed by atoms with van der Waals surface area (Å²) in [5.41, 5.74) is 6.22. The molecule has 2 rings (SSSR count). The Balaban J connectivity index is 2.07. The first-order valence-electron chi connectivity index (χ1n) is 5.55. The maximum absolute atomic E-state index is 13.4. The summed E-state index contributed by atoms with van der Waals surface area (Å²) in [6.45, 7) is 2.50. The molecule has 0 saturated carbocycles. The zero-order valence-electron chi connectivity index (χ0n) is 10.1. The van der Waals surface area contributed by atoms with E-state index in [-0.39, 0.29) is 11.1 Å². The van der Waals surface area contributed by atoms with Gasteiger partial charge in [0.05, 0.1) is 5.02 Å². The van der Waals surface area contributed by atoms with Crippen molar-refractivity contribution in [3.8, 4) is 0 Å². The summed E-state index contributed by atoms with van der Waals surface area (Å²) < 4.78 is 13.4. The number of halogens is 3. The van der Waals surface area contributed by atoms with E-state index in [4.69, 9.17) is 28.9 Å². The molecule has 0 spiro atoms. The van der Waals surface area contributed by atoms with Gasteiger partial charge in [-0.3, -0.25) is 0 Å². The third kappa shape index (κ3) is 3.57. The van der Waals surface area contributed by atoms with Crippen molar-refractivity contribution in [1.82, 2.24) is 10.3 Å². The third-order valence-electron chi connectivity index (χ3n) is 2.66. The number of thiazole rings is 1. The van der Waals surface area contributed by atoms with E-state index in [0.717, 1.165) is 4.88 Å². The van der Waals surface area contributed by atoms with Crippen LogP contribution in [-0.4, -0.2) is 4.98 Å². The number of anilines is 1. The fourth-order valence-corrected chi connectivity index (χ4v) is 2.82. The molecule has 19 heavy (non-hydrogen) atoms. The Bertz CT molecular complexity index is 588. The highest BCUT2D eigenvalue weighted by Gasteiger charge is 2.13. The molecule has 0 saturated heterocycles. The van der Waals surface area contributed by atoms with Gasteiger partial charge in [0.15, 0.2) is 5.13 Å². The summed E-state index contributed by atoms with van der Waals surface area (Å²) in [7, 11) is 0. The van der Waals surface area contributed by atoms with Crippen LogP contribution in [0.15, 0.2) is 18.3 Å². The van der Waals surface area contributed by atoms with Crippen LogP contribution >= 0.6 is 34.5 Å². The first-order valence-corrected chi connectivity index (χ1v) is 7.12. The van der Waals surface area contributed by atoms with Crippen molar-refractivity contribution >= 4 is 39.7 Å². The minimum atomic E-state index is -0.475. The number of benzene rings is 1. The summed E-state index contributed by atoms with van der Waals surface area (Å²) in [6, 6.07) is 2.66. The third-order valence-corrected chi connectivity index (χ3v) is 4.10. The first kappa shape index (κ1) is 14.5. The van der Waals surface area contributed by atoms with Crippen molar-refractivity contribution in [3.05, 3.63) is 44.6 Å². The van der Waals surface area contributed by atoms with Crippen LogP contribution in [-0.2, 0) is 6.54 Å². The lowest BCUT2D eigenvalue weighted by Gasteiger charge is -2.15. The Labute approximate surface area is 124 Å². The smallest absolute Gasteiger partial charge is 0.180 e. The molecule has 0 fully saturated rings. The highest BCUT2D eigenvalue weighted by molar-refractivity contribution is 7.15. The van der Waals surface area contributed by atoms with Gasteiger partial charge in [0, 0.05) is 28.7 Å². The van der Waals surface area contributed by atoms with Crippen molar-refractivity contribution < 1.29 is 4.39 Å². The highest BCUT2D eigenvalue weighted by Crippen LogP contribution is 2.29. The van der Waals surface area contributed by atoms with E-state index >= 15 is 0 Å². The van der Waals surface area contributed by atoms with Crippen molar-refractivity contribution in [2.24, 2.45) is 0 Å². The number of rotatable bonds is 4. The van der Waals surface area contributed by atoms with E-state index in [2.05, 4.69) is 10.3 Å². The lowest BCUT2D eigenvalue weighted by molar-refractivity contribution is 0.568. The Kier molecular flexibility index (Phi) is 4.62. The van der Waals surface area contributed by atoms with E-state index in [0.29, 0.717) is 22.3 Å². The van der Waals surface area contributed by atoms with Gasteiger partial charge in [-0.2, -0.15) is 0 Å². The van der Waals surface area contributed by atoms with Gasteiger partial charge in [0.1, 0.15) is 5.82 Å². The van der Waals surface area contributed by atoms with Crippen LogP contribution in [0.25, 0.3) is 0 Å². The zero-order valence-corrected chi connectivity index (χ0v) is 12.4. The largest absolute Gasteiger partial charge is 0.375 e. The van der Waals surface area contributed by atoms with Crippen LogP contribution in [0.1, 0.15) is 23.4 Å². The molecule has 1 atom stereocenters. The molecule has 0 radical (unpaired) electrons. The van der Waals surface area contributed by atoms with Crippen molar-refractivity contribution in [2.45, 2.75) is 19.5 Å². The second kappa shape index (κ2) is 6.05. The average molecular weight is 320 g/mol. The topological polar surface area (TPSA) is 50.9 Å². The number of aromatic nitrogens is 1. The van der Waals surface area contributed by atoms with E-state index in [9.17, 15) is 4.39 Å². The fourth-order valence-electron chi connectivity index (χ4n) is 1.64. The molecular weight excluding hydrogens is 308 g/mol. The van der Waals surface area contributed by atoms with E-state index in [1.54, 1.807) is 6.20 Å². The second-order valence-electron chi connectivity index (χ2n) is 4.06. The Morgan fingerprint density at radius 3 is 2.79 bits per heavy atom. The lowest BCUT2D eigenvalue weighted by atomic mass is 10.1. The Hall–Kier alpha value is -0.880.